The molecular weight excluding hydrogens is 329 g/mol. The number of nitrogens with zero attached hydrogens (tertiary/aromatic N) is 2. The number of aromatic nitrogens is 1. The third-order valence-corrected chi connectivity index (χ3v) is 5.96. The van der Waals surface area contributed by atoms with Crippen molar-refractivity contribution in [2.45, 2.75) is 58.8 Å². The molecule has 0 bridgehead atoms. The lowest BCUT2D eigenvalue weighted by Crippen LogP contribution is -2.39. The van der Waals surface area contributed by atoms with Crippen molar-refractivity contribution in [3.05, 3.63) is 24.5 Å². The third-order valence-electron chi connectivity index (χ3n) is 3.48. The second-order valence-electron chi connectivity index (χ2n) is 6.32. The van der Waals surface area contributed by atoms with Crippen LogP contribution in [0.25, 0.3) is 0 Å². The van der Waals surface area contributed by atoms with Gasteiger partial charge < -0.3 is 5.32 Å². The average molecular weight is 355 g/mol. The molecule has 1 aliphatic heterocycles. The molecule has 0 unspecified atom stereocenters. The summed E-state index contributed by atoms with van der Waals surface area (Å²) in [5.74, 6) is -0.210. The van der Waals surface area contributed by atoms with Crippen molar-refractivity contribution in [1.29, 1.82) is 0 Å². The lowest BCUT2D eigenvalue weighted by molar-refractivity contribution is -0.119. The number of hydrogen-bond acceptors (Lipinski definition) is 5. The normalized spacial score (nSPS) is 19.2. The van der Waals surface area contributed by atoms with Gasteiger partial charge in [-0.25, -0.2) is 4.57 Å². The topological polar surface area (TPSA) is 80.8 Å². The minimum atomic E-state index is -3.53. The minimum absolute atomic E-state index is 0.210. The third kappa shape index (κ3) is 4.86. The Balaban J connectivity index is 2.17. The molecule has 134 valence electrons. The first kappa shape index (κ1) is 19.1. The van der Waals surface area contributed by atoms with Gasteiger partial charge in [0.2, 0.25) is 5.91 Å². The van der Waals surface area contributed by atoms with E-state index in [1.165, 1.54) is 0 Å². The number of nitrogens with one attached hydrogen (secondary N) is 1. The zero-order chi connectivity index (χ0) is 17.7. The molecule has 1 N–H and O–H groups in total. The molecule has 7 nitrogen and oxygen atoms in total. The molecule has 1 fully saturated rings. The van der Waals surface area contributed by atoms with Gasteiger partial charge >= 0.3 is 7.75 Å². The number of carbonyl (C=O) groups excluding carboxylic acids is 1. The fraction of sp³-hybridized carbons (Fsp3) is 0.625. The van der Waals surface area contributed by atoms with Crippen LogP contribution in [0.2, 0.25) is 0 Å². The van der Waals surface area contributed by atoms with Gasteiger partial charge in [-0.1, -0.05) is 0 Å². The number of anilines is 1. The van der Waals surface area contributed by atoms with Gasteiger partial charge in [0.05, 0.1) is 18.2 Å². The van der Waals surface area contributed by atoms with Crippen molar-refractivity contribution in [3.8, 4) is 0 Å². The fourth-order valence-corrected chi connectivity index (χ4v) is 4.96. The Morgan fingerprint density at radius 3 is 2.38 bits per heavy atom. The summed E-state index contributed by atoms with van der Waals surface area (Å²) in [6.07, 6.45) is 4.07. The molecule has 1 amide bonds. The monoisotopic (exact) mass is 355 g/mol. The van der Waals surface area contributed by atoms with Crippen LogP contribution in [0.15, 0.2) is 24.5 Å². The number of rotatable bonds is 7. The molecule has 1 atom stereocenters. The Morgan fingerprint density at radius 2 is 1.83 bits per heavy atom. The Kier molecular flexibility index (Phi) is 6.52. The molecule has 0 radical (unpaired) electrons. The van der Waals surface area contributed by atoms with E-state index in [1.54, 1.807) is 56.9 Å². The summed E-state index contributed by atoms with van der Waals surface area (Å²) >= 11 is 0. The summed E-state index contributed by atoms with van der Waals surface area (Å²) in [5.41, 5.74) is 0.659. The van der Waals surface area contributed by atoms with Gasteiger partial charge in [0.1, 0.15) is 0 Å². The summed E-state index contributed by atoms with van der Waals surface area (Å²) in [5, 5.41) is 2.84. The van der Waals surface area contributed by atoms with Crippen LogP contribution in [0.5, 0.6) is 0 Å². The van der Waals surface area contributed by atoms with Crippen LogP contribution in [-0.2, 0) is 18.4 Å². The van der Waals surface area contributed by atoms with Crippen molar-refractivity contribution in [2.24, 2.45) is 0 Å². The van der Waals surface area contributed by atoms with Crippen molar-refractivity contribution in [2.75, 3.05) is 11.9 Å². The lowest BCUT2D eigenvalue weighted by atomic mass is 10.2. The molecule has 0 saturated carbocycles. The summed E-state index contributed by atoms with van der Waals surface area (Å²) in [6.45, 7) is 7.72. The molecule has 1 aliphatic rings. The Hall–Kier alpha value is -1.27. The van der Waals surface area contributed by atoms with Crippen LogP contribution in [0.4, 0.5) is 5.69 Å². The SMILES string of the molecule is CC(C)OP(=O)(OC(C)C)N1CCC[C@H]1C(=O)Nc1ccncc1. The molecule has 2 rings (SSSR count). The van der Waals surface area contributed by atoms with E-state index < -0.39 is 13.8 Å². The molecule has 1 aromatic heterocycles. The van der Waals surface area contributed by atoms with Gasteiger partial charge in [0, 0.05) is 24.6 Å². The van der Waals surface area contributed by atoms with Gasteiger partial charge in [0.25, 0.3) is 0 Å². The highest BCUT2D eigenvalue weighted by atomic mass is 31.2. The van der Waals surface area contributed by atoms with E-state index >= 15 is 0 Å². The summed E-state index contributed by atoms with van der Waals surface area (Å²) in [6, 6.07) is 2.89. The largest absolute Gasteiger partial charge is 0.409 e. The second-order valence-corrected chi connectivity index (χ2v) is 8.20. The van der Waals surface area contributed by atoms with Gasteiger partial charge in [-0.3, -0.25) is 18.8 Å². The Labute approximate surface area is 143 Å². The van der Waals surface area contributed by atoms with E-state index in [-0.39, 0.29) is 18.1 Å². The smallest absolute Gasteiger partial charge is 0.325 e. The summed E-state index contributed by atoms with van der Waals surface area (Å²) in [7, 11) is -3.53. The standard InChI is InChI=1S/C16H26N3O4P/c1-12(2)22-24(21,23-13(3)4)19-11-5-6-15(19)16(20)18-14-7-9-17-10-8-14/h7-10,12-13,15H,5-6,11H2,1-4H3,(H,17,18,20)/t15-/m0/s1. The molecule has 1 aromatic rings. The second kappa shape index (κ2) is 8.21. The average Bonchev–Trinajstić information content (AvgIpc) is 2.96. The maximum absolute atomic E-state index is 13.3. The maximum Gasteiger partial charge on any atom is 0.409 e. The Morgan fingerprint density at radius 1 is 1.25 bits per heavy atom. The quantitative estimate of drug-likeness (QED) is 0.755. The minimum Gasteiger partial charge on any atom is -0.325 e. The van der Waals surface area contributed by atoms with Gasteiger partial charge in [-0.15, -0.1) is 0 Å². The predicted octanol–water partition coefficient (Wildman–Crippen LogP) is 3.44. The number of carbonyl (C=O) groups is 1. The van der Waals surface area contributed by atoms with Crippen LogP contribution in [0.3, 0.4) is 0 Å². The van der Waals surface area contributed by atoms with Gasteiger partial charge in [-0.2, -0.15) is 4.67 Å². The van der Waals surface area contributed by atoms with Crippen LogP contribution in [-0.4, -0.2) is 40.4 Å². The van der Waals surface area contributed by atoms with Crippen LogP contribution in [0.1, 0.15) is 40.5 Å². The summed E-state index contributed by atoms with van der Waals surface area (Å²) < 4.78 is 26.1. The molecular formula is C16H26N3O4P. The van der Waals surface area contributed by atoms with Crippen molar-refractivity contribution in [1.82, 2.24) is 9.65 Å². The molecule has 24 heavy (non-hydrogen) atoms. The maximum atomic E-state index is 13.3. The predicted molar refractivity (Wildman–Crippen MR) is 92.6 cm³/mol. The van der Waals surface area contributed by atoms with Crippen LogP contribution in [0, 0.1) is 0 Å². The zero-order valence-electron chi connectivity index (χ0n) is 14.6. The first-order valence-electron chi connectivity index (χ1n) is 8.26. The van der Waals surface area contributed by atoms with E-state index in [1.807, 2.05) is 0 Å². The summed E-state index contributed by atoms with van der Waals surface area (Å²) in [4.78, 5) is 16.6. The van der Waals surface area contributed by atoms with Crippen molar-refractivity contribution >= 4 is 19.3 Å². The molecule has 0 aromatic carbocycles. The molecule has 1 saturated heterocycles. The highest BCUT2D eigenvalue weighted by molar-refractivity contribution is 7.51. The van der Waals surface area contributed by atoms with E-state index in [2.05, 4.69) is 10.3 Å². The van der Waals surface area contributed by atoms with E-state index in [4.69, 9.17) is 9.05 Å². The number of hydrogen-bond donors (Lipinski definition) is 1. The van der Waals surface area contributed by atoms with Crippen LogP contribution < -0.4 is 5.32 Å². The first-order valence-corrected chi connectivity index (χ1v) is 9.76. The highest BCUT2D eigenvalue weighted by Gasteiger charge is 2.45. The van der Waals surface area contributed by atoms with Gasteiger partial charge in [0.15, 0.2) is 0 Å². The molecule has 0 aliphatic carbocycles. The first-order chi connectivity index (χ1) is 11.3. The van der Waals surface area contributed by atoms with E-state index in [0.717, 1.165) is 6.42 Å². The lowest BCUT2D eigenvalue weighted by Gasteiger charge is -2.32. The molecule has 8 heteroatoms. The molecule has 0 spiro atoms. The Bertz CT molecular complexity index is 580. The zero-order valence-corrected chi connectivity index (χ0v) is 15.5. The van der Waals surface area contributed by atoms with E-state index in [0.29, 0.717) is 18.7 Å². The molecule has 2 heterocycles. The fourth-order valence-electron chi connectivity index (χ4n) is 2.65. The number of pyridine rings is 1. The van der Waals surface area contributed by atoms with E-state index in [9.17, 15) is 9.36 Å². The highest BCUT2D eigenvalue weighted by Crippen LogP contribution is 2.57. The van der Waals surface area contributed by atoms with Crippen LogP contribution >= 0.6 is 7.75 Å². The van der Waals surface area contributed by atoms with Crippen molar-refractivity contribution < 1.29 is 18.4 Å². The van der Waals surface area contributed by atoms with Gasteiger partial charge in [-0.05, 0) is 52.7 Å². The number of amides is 1. The van der Waals surface area contributed by atoms with Crippen molar-refractivity contribution in [3.63, 3.8) is 0 Å².